The molecule has 1 aromatic rings. The van der Waals surface area contributed by atoms with Gasteiger partial charge in [-0.05, 0) is 43.7 Å². The van der Waals surface area contributed by atoms with Gasteiger partial charge in [0, 0.05) is 6.54 Å². The average molecular weight is 404 g/mol. The minimum atomic E-state index is -0.160. The number of rotatable bonds is 12. The predicted molar refractivity (Wildman–Crippen MR) is 117 cm³/mol. The van der Waals surface area contributed by atoms with Crippen LogP contribution in [0, 0.1) is 0 Å². The Labute approximate surface area is 173 Å². The number of ether oxygens (including phenoxy) is 1. The van der Waals surface area contributed by atoms with Crippen LogP contribution in [0.1, 0.15) is 71.8 Å². The zero-order valence-electron chi connectivity index (χ0n) is 17.6. The average Bonchev–Trinajstić information content (AvgIpc) is 2.89. The molecule has 0 bridgehead atoms. The lowest BCUT2D eigenvalue weighted by Gasteiger charge is -2.15. The maximum Gasteiger partial charge on any atom is 0.267 e. The molecule has 0 radical (unpaired) electrons. The first-order valence-electron chi connectivity index (χ1n) is 10.5. The summed E-state index contributed by atoms with van der Waals surface area (Å²) < 4.78 is 5.69. The maximum absolute atomic E-state index is 13.0. The van der Waals surface area contributed by atoms with Crippen molar-refractivity contribution in [1.82, 2.24) is 4.90 Å². The number of amides is 2. The van der Waals surface area contributed by atoms with Gasteiger partial charge in [0.2, 0.25) is 0 Å². The third-order valence-electron chi connectivity index (χ3n) is 4.66. The Hall–Kier alpha value is -1.75. The summed E-state index contributed by atoms with van der Waals surface area (Å²) in [7, 11) is 0. The second-order valence-corrected chi connectivity index (χ2v) is 8.63. The highest BCUT2D eigenvalue weighted by Crippen LogP contribution is 2.36. The van der Waals surface area contributed by atoms with Crippen molar-refractivity contribution in [2.24, 2.45) is 0 Å². The SMILES string of the molecule is CCCCCCCCN1C(=O)C(SCC)=C(c2ccc(OC(C)C)cc2)C1=O. The molecule has 154 valence electrons. The Morgan fingerprint density at radius 1 is 0.929 bits per heavy atom. The fraction of sp³-hybridized carbons (Fsp3) is 0.565. The Bertz CT molecular complexity index is 694. The van der Waals surface area contributed by atoms with Gasteiger partial charge in [0.1, 0.15) is 5.75 Å². The molecule has 1 aliphatic heterocycles. The summed E-state index contributed by atoms with van der Waals surface area (Å²) >= 11 is 1.46. The number of unbranched alkanes of at least 4 members (excludes halogenated alkanes) is 5. The molecule has 5 heteroatoms. The normalized spacial score (nSPS) is 14.5. The second-order valence-electron chi connectivity index (χ2n) is 7.36. The summed E-state index contributed by atoms with van der Waals surface area (Å²) in [4.78, 5) is 27.9. The molecule has 0 spiro atoms. The van der Waals surface area contributed by atoms with Crippen LogP contribution >= 0.6 is 11.8 Å². The third kappa shape index (κ3) is 5.87. The van der Waals surface area contributed by atoms with Crippen LogP contribution in [0.3, 0.4) is 0 Å². The van der Waals surface area contributed by atoms with Crippen molar-refractivity contribution >= 4 is 29.1 Å². The van der Waals surface area contributed by atoms with Crippen LogP contribution in [-0.4, -0.2) is 35.1 Å². The summed E-state index contributed by atoms with van der Waals surface area (Å²) in [6.45, 7) is 8.67. The molecule has 28 heavy (non-hydrogen) atoms. The van der Waals surface area contributed by atoms with Gasteiger partial charge >= 0.3 is 0 Å². The molecule has 1 heterocycles. The summed E-state index contributed by atoms with van der Waals surface area (Å²) in [5.41, 5.74) is 1.33. The molecule has 1 aromatic carbocycles. The number of nitrogens with zero attached hydrogens (tertiary/aromatic N) is 1. The molecule has 0 saturated carbocycles. The van der Waals surface area contributed by atoms with E-state index in [1.807, 2.05) is 45.0 Å². The molecule has 0 saturated heterocycles. The lowest BCUT2D eigenvalue weighted by molar-refractivity contribution is -0.136. The minimum Gasteiger partial charge on any atom is -0.491 e. The lowest BCUT2D eigenvalue weighted by atomic mass is 10.1. The van der Waals surface area contributed by atoms with E-state index in [1.165, 1.54) is 35.9 Å². The number of carbonyl (C=O) groups excluding carboxylic acids is 2. The van der Waals surface area contributed by atoms with Crippen molar-refractivity contribution in [2.75, 3.05) is 12.3 Å². The lowest BCUT2D eigenvalue weighted by Crippen LogP contribution is -2.32. The third-order valence-corrected chi connectivity index (χ3v) is 5.62. The van der Waals surface area contributed by atoms with Crippen LogP contribution in [0.4, 0.5) is 0 Å². The van der Waals surface area contributed by atoms with Gasteiger partial charge in [0.25, 0.3) is 11.8 Å². The first-order valence-corrected chi connectivity index (χ1v) is 11.5. The molecule has 0 fully saturated rings. The van der Waals surface area contributed by atoms with E-state index in [1.54, 1.807) is 0 Å². The van der Waals surface area contributed by atoms with Gasteiger partial charge in [-0.15, -0.1) is 11.8 Å². The molecule has 1 aliphatic rings. The number of hydrogen-bond acceptors (Lipinski definition) is 4. The van der Waals surface area contributed by atoms with E-state index in [2.05, 4.69) is 6.92 Å². The predicted octanol–water partition coefficient (Wildman–Crippen LogP) is 5.67. The minimum absolute atomic E-state index is 0.0961. The van der Waals surface area contributed by atoms with Gasteiger partial charge < -0.3 is 4.74 Å². The van der Waals surface area contributed by atoms with Gasteiger partial charge in [-0.2, -0.15) is 0 Å². The highest BCUT2D eigenvalue weighted by molar-refractivity contribution is 8.04. The molecule has 4 nitrogen and oxygen atoms in total. The molecule has 2 amide bonds. The fourth-order valence-corrected chi connectivity index (χ4v) is 4.18. The number of hydrogen-bond donors (Lipinski definition) is 0. The highest BCUT2D eigenvalue weighted by atomic mass is 32.2. The van der Waals surface area contributed by atoms with Crippen molar-refractivity contribution in [1.29, 1.82) is 0 Å². The maximum atomic E-state index is 13.0. The number of benzene rings is 1. The zero-order chi connectivity index (χ0) is 20.5. The highest BCUT2D eigenvalue weighted by Gasteiger charge is 2.38. The molecule has 0 unspecified atom stereocenters. The standard InChI is InChI=1S/C23H33NO3S/c1-5-7-8-9-10-11-16-24-22(25)20(21(23(24)26)28-6-2)18-12-14-19(15-13-18)27-17(3)4/h12-15,17H,5-11,16H2,1-4H3. The summed E-state index contributed by atoms with van der Waals surface area (Å²) in [6.07, 6.45) is 6.89. The molecule has 0 atom stereocenters. The first kappa shape index (κ1) is 22.5. The largest absolute Gasteiger partial charge is 0.491 e. The molecule has 0 aromatic heterocycles. The van der Waals surface area contributed by atoms with E-state index in [0.717, 1.165) is 36.3 Å². The summed E-state index contributed by atoms with van der Waals surface area (Å²) in [6, 6.07) is 7.49. The number of imide groups is 1. The van der Waals surface area contributed by atoms with Crippen LogP contribution in [0.15, 0.2) is 29.2 Å². The Balaban J connectivity index is 2.10. The van der Waals surface area contributed by atoms with Crippen molar-refractivity contribution in [3.63, 3.8) is 0 Å². The first-order chi connectivity index (χ1) is 13.5. The summed E-state index contributed by atoms with van der Waals surface area (Å²) in [5, 5.41) is 0. The number of thioether (sulfide) groups is 1. The van der Waals surface area contributed by atoms with Crippen LogP contribution in [0.2, 0.25) is 0 Å². The Morgan fingerprint density at radius 3 is 2.18 bits per heavy atom. The van der Waals surface area contributed by atoms with E-state index in [0.29, 0.717) is 17.0 Å². The van der Waals surface area contributed by atoms with E-state index >= 15 is 0 Å². The van der Waals surface area contributed by atoms with E-state index in [-0.39, 0.29) is 17.9 Å². The van der Waals surface area contributed by atoms with Crippen LogP contribution in [0.5, 0.6) is 5.75 Å². The van der Waals surface area contributed by atoms with Crippen molar-refractivity contribution in [2.45, 2.75) is 72.3 Å². The van der Waals surface area contributed by atoms with E-state index in [4.69, 9.17) is 4.74 Å². The quantitative estimate of drug-likeness (QED) is 0.333. The van der Waals surface area contributed by atoms with Gasteiger partial charge in [0.15, 0.2) is 0 Å². The molecule has 0 N–H and O–H groups in total. The molecular weight excluding hydrogens is 370 g/mol. The topological polar surface area (TPSA) is 46.6 Å². The van der Waals surface area contributed by atoms with E-state index < -0.39 is 0 Å². The van der Waals surface area contributed by atoms with Crippen LogP contribution < -0.4 is 4.74 Å². The fourth-order valence-electron chi connectivity index (χ4n) is 3.31. The van der Waals surface area contributed by atoms with Crippen molar-refractivity contribution < 1.29 is 14.3 Å². The molecular formula is C23H33NO3S. The van der Waals surface area contributed by atoms with Crippen molar-refractivity contribution in [3.8, 4) is 5.75 Å². The van der Waals surface area contributed by atoms with Crippen LogP contribution in [-0.2, 0) is 9.59 Å². The molecule has 2 rings (SSSR count). The monoisotopic (exact) mass is 403 g/mol. The second kappa shape index (κ2) is 11.3. The zero-order valence-corrected chi connectivity index (χ0v) is 18.4. The Kier molecular flexibility index (Phi) is 9.10. The van der Waals surface area contributed by atoms with Gasteiger partial charge in [-0.25, -0.2) is 0 Å². The molecule has 0 aliphatic carbocycles. The van der Waals surface area contributed by atoms with Gasteiger partial charge in [-0.1, -0.05) is 58.1 Å². The van der Waals surface area contributed by atoms with Gasteiger partial charge in [-0.3, -0.25) is 14.5 Å². The smallest absolute Gasteiger partial charge is 0.267 e. The van der Waals surface area contributed by atoms with Crippen LogP contribution in [0.25, 0.3) is 5.57 Å². The Morgan fingerprint density at radius 2 is 1.57 bits per heavy atom. The number of carbonyl (C=O) groups is 2. The summed E-state index contributed by atoms with van der Waals surface area (Å²) in [5.74, 6) is 1.23. The van der Waals surface area contributed by atoms with E-state index in [9.17, 15) is 9.59 Å². The van der Waals surface area contributed by atoms with Crippen molar-refractivity contribution in [3.05, 3.63) is 34.7 Å². The van der Waals surface area contributed by atoms with Gasteiger partial charge in [0.05, 0.1) is 16.6 Å².